The van der Waals surface area contributed by atoms with Crippen molar-refractivity contribution < 1.29 is 8.42 Å². The number of nitrogens with zero attached hydrogens (tertiary/aromatic N) is 2. The van der Waals surface area contributed by atoms with E-state index in [1.54, 1.807) is 15.7 Å². The second-order valence-electron chi connectivity index (χ2n) is 5.72. The van der Waals surface area contributed by atoms with Crippen molar-refractivity contribution in [3.05, 3.63) is 0 Å². The van der Waals surface area contributed by atoms with Gasteiger partial charge >= 0.3 is 0 Å². The molecule has 2 saturated heterocycles. The Kier molecular flexibility index (Phi) is 6.16. The average molecular weight is 322 g/mol. The molecule has 0 aliphatic carbocycles. The predicted molar refractivity (Wildman–Crippen MR) is 85.3 cm³/mol. The predicted octanol–water partition coefficient (Wildman–Crippen LogP) is 0.990. The third-order valence-corrected chi connectivity index (χ3v) is 7.43. The fraction of sp³-hybridized carbons (Fsp3) is 1.00. The second kappa shape index (κ2) is 7.45. The molecule has 2 unspecified atom stereocenters. The lowest BCUT2D eigenvalue weighted by Gasteiger charge is -2.36. The number of nitrogens with one attached hydrogen (secondary N) is 1. The smallest absolute Gasteiger partial charge is 0.282 e. The van der Waals surface area contributed by atoms with Crippen molar-refractivity contribution in [2.45, 2.75) is 32.2 Å². The van der Waals surface area contributed by atoms with Gasteiger partial charge in [-0.15, -0.1) is 0 Å². The summed E-state index contributed by atoms with van der Waals surface area (Å²) in [5.74, 6) is 2.46. The molecule has 118 valence electrons. The van der Waals surface area contributed by atoms with E-state index in [2.05, 4.69) is 12.2 Å². The molecule has 0 bridgehead atoms. The quantitative estimate of drug-likeness (QED) is 0.793. The molecule has 20 heavy (non-hydrogen) atoms. The van der Waals surface area contributed by atoms with E-state index in [1.165, 1.54) is 0 Å². The van der Waals surface area contributed by atoms with Gasteiger partial charge in [0.05, 0.1) is 0 Å². The molecule has 0 saturated carbocycles. The molecule has 5 nitrogen and oxygen atoms in total. The number of thioether (sulfide) groups is 1. The summed E-state index contributed by atoms with van der Waals surface area (Å²) in [6.45, 7) is 5.30. The van der Waals surface area contributed by atoms with Crippen LogP contribution in [0.3, 0.4) is 0 Å². The SMILES string of the molecule is CCNCC1CCCN(S(=O)(=O)N(C)C2CCSC2)C1. The Morgan fingerprint density at radius 2 is 2.20 bits per heavy atom. The topological polar surface area (TPSA) is 52.7 Å². The summed E-state index contributed by atoms with van der Waals surface area (Å²) in [6.07, 6.45) is 3.08. The number of rotatable bonds is 6. The Morgan fingerprint density at radius 1 is 1.40 bits per heavy atom. The monoisotopic (exact) mass is 321 g/mol. The number of piperidine rings is 1. The van der Waals surface area contributed by atoms with Crippen LogP contribution in [0.1, 0.15) is 26.2 Å². The van der Waals surface area contributed by atoms with Gasteiger partial charge in [0.2, 0.25) is 0 Å². The molecule has 0 amide bonds. The number of hydrogen-bond donors (Lipinski definition) is 1. The summed E-state index contributed by atoms with van der Waals surface area (Å²) in [5, 5.41) is 3.34. The lowest BCUT2D eigenvalue weighted by molar-refractivity contribution is 0.240. The van der Waals surface area contributed by atoms with Gasteiger partial charge in [0.1, 0.15) is 0 Å². The van der Waals surface area contributed by atoms with Crippen molar-refractivity contribution in [3.63, 3.8) is 0 Å². The molecule has 2 aliphatic heterocycles. The van der Waals surface area contributed by atoms with E-state index < -0.39 is 10.2 Å². The molecule has 0 spiro atoms. The van der Waals surface area contributed by atoms with Gasteiger partial charge < -0.3 is 5.32 Å². The van der Waals surface area contributed by atoms with Crippen molar-refractivity contribution in [2.24, 2.45) is 5.92 Å². The summed E-state index contributed by atoms with van der Waals surface area (Å²) < 4.78 is 28.7. The third kappa shape index (κ3) is 3.88. The van der Waals surface area contributed by atoms with Crippen LogP contribution in [0.25, 0.3) is 0 Å². The summed E-state index contributed by atoms with van der Waals surface area (Å²) in [7, 11) is -1.53. The normalized spacial score (nSPS) is 29.1. The maximum Gasteiger partial charge on any atom is 0.282 e. The van der Waals surface area contributed by atoms with Gasteiger partial charge in [0.25, 0.3) is 10.2 Å². The van der Waals surface area contributed by atoms with E-state index in [9.17, 15) is 8.42 Å². The van der Waals surface area contributed by atoms with E-state index >= 15 is 0 Å². The minimum Gasteiger partial charge on any atom is -0.317 e. The Balaban J connectivity index is 1.97. The molecule has 2 rings (SSSR count). The molecule has 2 heterocycles. The fourth-order valence-electron chi connectivity index (χ4n) is 2.93. The van der Waals surface area contributed by atoms with Crippen molar-refractivity contribution in [3.8, 4) is 0 Å². The highest BCUT2D eigenvalue weighted by Gasteiger charge is 2.36. The second-order valence-corrected chi connectivity index (χ2v) is 8.85. The van der Waals surface area contributed by atoms with Crippen LogP contribution in [-0.2, 0) is 10.2 Å². The van der Waals surface area contributed by atoms with Crippen molar-refractivity contribution >= 4 is 22.0 Å². The highest BCUT2D eigenvalue weighted by molar-refractivity contribution is 7.99. The Bertz CT molecular complexity index is 396. The van der Waals surface area contributed by atoms with E-state index in [4.69, 9.17) is 0 Å². The van der Waals surface area contributed by atoms with Crippen molar-refractivity contribution in [1.82, 2.24) is 13.9 Å². The Labute approximate surface area is 127 Å². The van der Waals surface area contributed by atoms with Crippen LogP contribution in [0.5, 0.6) is 0 Å². The zero-order chi connectivity index (χ0) is 14.6. The van der Waals surface area contributed by atoms with Crippen LogP contribution in [0, 0.1) is 5.92 Å². The minimum atomic E-state index is -3.28. The maximum absolute atomic E-state index is 12.7. The highest BCUT2D eigenvalue weighted by Crippen LogP contribution is 2.26. The molecule has 2 fully saturated rings. The van der Waals surface area contributed by atoms with Crippen LogP contribution in [0.2, 0.25) is 0 Å². The maximum atomic E-state index is 12.7. The third-order valence-electron chi connectivity index (χ3n) is 4.27. The van der Waals surface area contributed by atoms with Crippen LogP contribution in [0.15, 0.2) is 0 Å². The van der Waals surface area contributed by atoms with Crippen molar-refractivity contribution in [1.29, 1.82) is 0 Å². The summed E-state index contributed by atoms with van der Waals surface area (Å²) in [6, 6.07) is 0.180. The molecule has 0 aromatic heterocycles. The Hall–Kier alpha value is 0.180. The largest absolute Gasteiger partial charge is 0.317 e. The first-order valence-corrected chi connectivity index (χ1v) is 10.1. The molecule has 0 aromatic carbocycles. The van der Waals surface area contributed by atoms with Crippen molar-refractivity contribution in [2.75, 3.05) is 44.7 Å². The van der Waals surface area contributed by atoms with Gasteiger partial charge in [0.15, 0.2) is 0 Å². The first-order valence-electron chi connectivity index (χ1n) is 7.57. The van der Waals surface area contributed by atoms with E-state index in [0.717, 1.165) is 43.9 Å². The zero-order valence-electron chi connectivity index (χ0n) is 12.5. The minimum absolute atomic E-state index is 0.180. The molecule has 1 N–H and O–H groups in total. The van der Waals surface area contributed by atoms with Crippen LogP contribution < -0.4 is 5.32 Å². The summed E-state index contributed by atoms with van der Waals surface area (Å²) in [5.41, 5.74) is 0. The molecule has 2 aliphatic rings. The molecule has 0 radical (unpaired) electrons. The molecular formula is C13H27N3O2S2. The average Bonchev–Trinajstić information content (AvgIpc) is 2.98. The van der Waals surface area contributed by atoms with E-state index in [-0.39, 0.29) is 6.04 Å². The fourth-order valence-corrected chi connectivity index (χ4v) is 5.97. The van der Waals surface area contributed by atoms with E-state index in [0.29, 0.717) is 19.0 Å². The first kappa shape index (κ1) is 16.5. The van der Waals surface area contributed by atoms with Crippen LogP contribution >= 0.6 is 11.8 Å². The first-order chi connectivity index (χ1) is 9.55. The summed E-state index contributed by atoms with van der Waals surface area (Å²) in [4.78, 5) is 0. The van der Waals surface area contributed by atoms with E-state index in [1.807, 2.05) is 11.8 Å². The zero-order valence-corrected chi connectivity index (χ0v) is 14.2. The molecular weight excluding hydrogens is 294 g/mol. The van der Waals surface area contributed by atoms with Gasteiger partial charge in [0, 0.05) is 31.9 Å². The van der Waals surface area contributed by atoms with Gasteiger partial charge in [-0.3, -0.25) is 0 Å². The molecule has 2 atom stereocenters. The van der Waals surface area contributed by atoms with Gasteiger partial charge in [-0.25, -0.2) is 0 Å². The van der Waals surface area contributed by atoms with Gasteiger partial charge in [-0.2, -0.15) is 28.8 Å². The molecule has 0 aromatic rings. The molecule has 7 heteroatoms. The summed E-state index contributed by atoms with van der Waals surface area (Å²) >= 11 is 1.85. The van der Waals surface area contributed by atoms with Gasteiger partial charge in [-0.05, 0) is 44.0 Å². The standard InChI is InChI=1S/C13H27N3O2S2/c1-3-14-9-12-5-4-7-16(10-12)20(17,18)15(2)13-6-8-19-11-13/h12-14H,3-11H2,1-2H3. The Morgan fingerprint density at radius 3 is 2.85 bits per heavy atom. The van der Waals surface area contributed by atoms with Crippen LogP contribution in [-0.4, -0.2) is 67.8 Å². The van der Waals surface area contributed by atoms with Crippen LogP contribution in [0.4, 0.5) is 0 Å². The van der Waals surface area contributed by atoms with Gasteiger partial charge in [-0.1, -0.05) is 6.92 Å². The number of hydrogen-bond acceptors (Lipinski definition) is 4. The lowest BCUT2D eigenvalue weighted by atomic mass is 10.00. The lowest BCUT2D eigenvalue weighted by Crippen LogP contribution is -2.50. The highest BCUT2D eigenvalue weighted by atomic mass is 32.2.